The van der Waals surface area contributed by atoms with Crippen molar-refractivity contribution in [2.24, 2.45) is 0 Å². The lowest BCUT2D eigenvalue weighted by Crippen LogP contribution is -2.35. The molecule has 0 aromatic heterocycles. The van der Waals surface area contributed by atoms with E-state index in [1.54, 1.807) is 0 Å². The number of carboxylic acids is 1. The van der Waals surface area contributed by atoms with Crippen molar-refractivity contribution in [1.29, 1.82) is 0 Å². The Bertz CT molecular complexity index is 389. The zero-order valence-electron chi connectivity index (χ0n) is 10.1. The molecule has 0 saturated carbocycles. The first-order valence-corrected chi connectivity index (χ1v) is 5.58. The number of aliphatic carboxylic acids is 1. The Labute approximate surface area is 101 Å². The number of carbonyl (C=O) groups is 2. The molecule has 0 bridgehead atoms. The van der Waals surface area contributed by atoms with E-state index in [1.807, 2.05) is 37.3 Å². The molecule has 17 heavy (non-hydrogen) atoms. The van der Waals surface area contributed by atoms with Crippen molar-refractivity contribution in [2.75, 3.05) is 13.6 Å². The van der Waals surface area contributed by atoms with Gasteiger partial charge >= 0.3 is 5.97 Å². The summed E-state index contributed by atoms with van der Waals surface area (Å²) in [5.41, 5.74) is 0.928. The molecule has 1 unspecified atom stereocenters. The van der Waals surface area contributed by atoms with Crippen LogP contribution in [0.25, 0.3) is 0 Å². The summed E-state index contributed by atoms with van der Waals surface area (Å²) in [4.78, 5) is 23.9. The summed E-state index contributed by atoms with van der Waals surface area (Å²) in [5.74, 6) is -1.41. The fourth-order valence-electron chi connectivity index (χ4n) is 1.79. The Morgan fingerprint density at radius 3 is 2.35 bits per heavy atom. The van der Waals surface area contributed by atoms with Crippen LogP contribution in [0.5, 0.6) is 0 Å². The van der Waals surface area contributed by atoms with E-state index >= 15 is 0 Å². The van der Waals surface area contributed by atoms with E-state index in [2.05, 4.69) is 0 Å². The molecule has 0 fully saturated rings. The van der Waals surface area contributed by atoms with Crippen molar-refractivity contribution in [1.82, 2.24) is 4.90 Å². The fraction of sp³-hybridized carbons (Fsp3) is 0.385. The average molecular weight is 235 g/mol. The molecular weight excluding hydrogens is 218 g/mol. The second kappa shape index (κ2) is 6.03. The quantitative estimate of drug-likeness (QED) is 0.845. The minimum absolute atomic E-state index is 0.152. The van der Waals surface area contributed by atoms with Crippen LogP contribution in [0.4, 0.5) is 0 Å². The molecule has 4 nitrogen and oxygen atoms in total. The Hall–Kier alpha value is -1.84. The van der Waals surface area contributed by atoms with Crippen LogP contribution in [0.1, 0.15) is 24.8 Å². The smallest absolute Gasteiger partial charge is 0.323 e. The largest absolute Gasteiger partial charge is 0.480 e. The van der Waals surface area contributed by atoms with Gasteiger partial charge in [0.05, 0.1) is 5.92 Å². The highest BCUT2D eigenvalue weighted by Gasteiger charge is 2.22. The maximum Gasteiger partial charge on any atom is 0.323 e. The third kappa shape index (κ3) is 3.59. The number of hydrogen-bond donors (Lipinski definition) is 1. The van der Waals surface area contributed by atoms with Crippen molar-refractivity contribution >= 4 is 11.9 Å². The second-order valence-electron chi connectivity index (χ2n) is 3.96. The highest BCUT2D eigenvalue weighted by molar-refractivity contribution is 5.86. The normalized spacial score (nSPS) is 11.9. The van der Waals surface area contributed by atoms with Crippen LogP contribution in [0, 0.1) is 0 Å². The van der Waals surface area contributed by atoms with E-state index in [-0.39, 0.29) is 18.4 Å². The number of carboxylic acid groups (broad SMARTS) is 1. The number of amides is 1. The van der Waals surface area contributed by atoms with Gasteiger partial charge in [0, 0.05) is 7.05 Å². The molecule has 1 atom stereocenters. The number of benzene rings is 1. The Morgan fingerprint density at radius 1 is 1.29 bits per heavy atom. The summed E-state index contributed by atoms with van der Waals surface area (Å²) in [6, 6.07) is 9.42. The standard InChI is InChI=1S/C13H17NO3/c1-3-11(10-7-5-4-6-8-10)13(17)14(2)9-12(15)16/h4-8,11H,3,9H2,1-2H3,(H,15,16). The van der Waals surface area contributed by atoms with Crippen molar-refractivity contribution in [3.05, 3.63) is 35.9 Å². The molecule has 0 aliphatic heterocycles. The van der Waals surface area contributed by atoms with Crippen LogP contribution in [0.15, 0.2) is 30.3 Å². The van der Waals surface area contributed by atoms with Crippen molar-refractivity contribution in [3.8, 4) is 0 Å². The first-order valence-electron chi connectivity index (χ1n) is 5.58. The number of rotatable bonds is 5. The molecule has 1 aromatic rings. The van der Waals surface area contributed by atoms with Gasteiger partial charge in [0.1, 0.15) is 6.54 Å². The second-order valence-corrected chi connectivity index (χ2v) is 3.96. The van der Waals surface area contributed by atoms with Gasteiger partial charge in [-0.15, -0.1) is 0 Å². The van der Waals surface area contributed by atoms with Crippen LogP contribution in [-0.2, 0) is 9.59 Å². The molecule has 1 amide bonds. The SMILES string of the molecule is CCC(C(=O)N(C)CC(=O)O)c1ccccc1. The fourth-order valence-corrected chi connectivity index (χ4v) is 1.79. The van der Waals surface area contributed by atoms with E-state index < -0.39 is 5.97 Å². The van der Waals surface area contributed by atoms with Crippen LogP contribution in [0.3, 0.4) is 0 Å². The third-order valence-corrected chi connectivity index (χ3v) is 2.66. The Balaban J connectivity index is 2.81. The molecule has 1 rings (SSSR count). The number of carbonyl (C=O) groups excluding carboxylic acids is 1. The first kappa shape index (κ1) is 13.2. The number of likely N-dealkylation sites (N-methyl/N-ethyl adjacent to an activating group) is 1. The van der Waals surface area contributed by atoms with E-state index in [4.69, 9.17) is 5.11 Å². The number of hydrogen-bond acceptors (Lipinski definition) is 2. The highest BCUT2D eigenvalue weighted by Crippen LogP contribution is 2.21. The van der Waals surface area contributed by atoms with Crippen LogP contribution in [-0.4, -0.2) is 35.5 Å². The van der Waals surface area contributed by atoms with Gasteiger partial charge in [-0.1, -0.05) is 37.3 Å². The Morgan fingerprint density at radius 2 is 1.88 bits per heavy atom. The maximum absolute atomic E-state index is 12.1. The van der Waals surface area contributed by atoms with Crippen molar-refractivity contribution in [2.45, 2.75) is 19.3 Å². The van der Waals surface area contributed by atoms with E-state index in [0.717, 1.165) is 5.56 Å². The molecule has 0 spiro atoms. The van der Waals surface area contributed by atoms with E-state index in [0.29, 0.717) is 6.42 Å². The highest BCUT2D eigenvalue weighted by atomic mass is 16.4. The van der Waals surface area contributed by atoms with Gasteiger partial charge in [0.25, 0.3) is 0 Å². The van der Waals surface area contributed by atoms with Crippen LogP contribution in [0.2, 0.25) is 0 Å². The third-order valence-electron chi connectivity index (χ3n) is 2.66. The predicted octanol–water partition coefficient (Wildman–Crippen LogP) is 1.72. The molecular formula is C13H17NO3. The average Bonchev–Trinajstić information content (AvgIpc) is 2.30. The van der Waals surface area contributed by atoms with Crippen LogP contribution < -0.4 is 0 Å². The lowest BCUT2D eigenvalue weighted by molar-refractivity contribution is -0.144. The summed E-state index contributed by atoms with van der Waals surface area (Å²) in [7, 11) is 1.52. The zero-order chi connectivity index (χ0) is 12.8. The molecule has 1 N–H and O–H groups in total. The van der Waals surface area contributed by atoms with Gasteiger partial charge < -0.3 is 10.0 Å². The lowest BCUT2D eigenvalue weighted by atomic mass is 9.95. The molecule has 1 aromatic carbocycles. The summed E-state index contributed by atoms with van der Waals surface area (Å²) in [6.45, 7) is 1.66. The predicted molar refractivity (Wildman–Crippen MR) is 64.7 cm³/mol. The molecule has 0 saturated heterocycles. The lowest BCUT2D eigenvalue weighted by Gasteiger charge is -2.21. The molecule has 0 radical (unpaired) electrons. The van der Waals surface area contributed by atoms with E-state index in [1.165, 1.54) is 11.9 Å². The van der Waals surface area contributed by atoms with E-state index in [9.17, 15) is 9.59 Å². The van der Waals surface area contributed by atoms with Gasteiger partial charge in [-0.2, -0.15) is 0 Å². The summed E-state index contributed by atoms with van der Waals surface area (Å²) in [6.07, 6.45) is 0.660. The molecule has 92 valence electrons. The minimum Gasteiger partial charge on any atom is -0.480 e. The molecule has 0 aliphatic carbocycles. The zero-order valence-corrected chi connectivity index (χ0v) is 10.1. The summed E-state index contributed by atoms with van der Waals surface area (Å²) in [5, 5.41) is 8.66. The summed E-state index contributed by atoms with van der Waals surface area (Å²) < 4.78 is 0. The van der Waals surface area contributed by atoms with Gasteiger partial charge in [0.2, 0.25) is 5.91 Å². The molecule has 0 heterocycles. The minimum atomic E-state index is -0.997. The first-order chi connectivity index (χ1) is 8.06. The van der Waals surface area contributed by atoms with Crippen LogP contribution >= 0.6 is 0 Å². The maximum atomic E-state index is 12.1. The number of nitrogens with zero attached hydrogens (tertiary/aromatic N) is 1. The molecule has 0 aliphatic rings. The van der Waals surface area contributed by atoms with Gasteiger partial charge in [-0.3, -0.25) is 9.59 Å². The summed E-state index contributed by atoms with van der Waals surface area (Å²) >= 11 is 0. The van der Waals surface area contributed by atoms with Crippen molar-refractivity contribution < 1.29 is 14.7 Å². The van der Waals surface area contributed by atoms with Gasteiger partial charge in [-0.05, 0) is 12.0 Å². The Kier molecular flexibility index (Phi) is 4.69. The van der Waals surface area contributed by atoms with Crippen molar-refractivity contribution in [3.63, 3.8) is 0 Å². The van der Waals surface area contributed by atoms with Gasteiger partial charge in [0.15, 0.2) is 0 Å². The molecule has 4 heteroatoms. The van der Waals surface area contributed by atoms with Gasteiger partial charge in [-0.25, -0.2) is 0 Å². The topological polar surface area (TPSA) is 57.6 Å². The monoisotopic (exact) mass is 235 g/mol.